The Bertz CT molecular complexity index is 174. The molecule has 13 heavy (non-hydrogen) atoms. The number of ether oxygens (including phenoxy) is 1. The molecule has 0 aromatic carbocycles. The molecule has 0 saturated carbocycles. The van der Waals surface area contributed by atoms with Gasteiger partial charge in [-0.25, -0.2) is 0 Å². The average molecular weight is 177 g/mol. The molecule has 0 spiro atoms. The Morgan fingerprint density at radius 1 is 1.00 bits per heavy atom. The van der Waals surface area contributed by atoms with Crippen molar-refractivity contribution in [1.82, 2.24) is 4.98 Å². The summed E-state index contributed by atoms with van der Waals surface area (Å²) in [6, 6.07) is 5.72. The molecule has 70 valence electrons. The van der Waals surface area contributed by atoms with E-state index in [4.69, 9.17) is 4.74 Å². The number of rotatable bonds is 4. The highest BCUT2D eigenvalue weighted by Crippen LogP contribution is 1.74. The molecule has 0 saturated heterocycles. The molecule has 2 heteroatoms. The van der Waals surface area contributed by atoms with Crippen molar-refractivity contribution in [3.63, 3.8) is 0 Å². The normalized spacial score (nSPS) is 8.00. The van der Waals surface area contributed by atoms with Crippen LogP contribution in [0, 0.1) is 0 Å². The van der Waals surface area contributed by atoms with Crippen molar-refractivity contribution in [2.45, 2.75) is 0 Å². The van der Waals surface area contributed by atoms with Crippen molar-refractivity contribution in [3.05, 3.63) is 55.9 Å². The van der Waals surface area contributed by atoms with E-state index in [1.54, 1.807) is 24.5 Å². The lowest BCUT2D eigenvalue weighted by Crippen LogP contribution is -1.87. The van der Waals surface area contributed by atoms with E-state index in [9.17, 15) is 0 Å². The van der Waals surface area contributed by atoms with Crippen LogP contribution in [0.1, 0.15) is 0 Å². The van der Waals surface area contributed by atoms with E-state index in [1.807, 2.05) is 18.2 Å². The largest absolute Gasteiger partial charge is 0.373 e. The molecule has 0 atom stereocenters. The van der Waals surface area contributed by atoms with Crippen molar-refractivity contribution >= 4 is 0 Å². The first-order chi connectivity index (χ1) is 6.41. The van der Waals surface area contributed by atoms with E-state index >= 15 is 0 Å². The van der Waals surface area contributed by atoms with Crippen molar-refractivity contribution in [2.24, 2.45) is 0 Å². The number of hydrogen-bond donors (Lipinski definition) is 0. The molecule has 0 amide bonds. The van der Waals surface area contributed by atoms with E-state index in [0.29, 0.717) is 13.2 Å². The zero-order valence-corrected chi connectivity index (χ0v) is 7.73. The molecule has 1 rings (SSSR count). The Balaban J connectivity index is 0.000000223. The van der Waals surface area contributed by atoms with E-state index in [1.165, 1.54) is 0 Å². The van der Waals surface area contributed by atoms with E-state index < -0.39 is 0 Å². The molecule has 0 radical (unpaired) electrons. The lowest BCUT2D eigenvalue weighted by Gasteiger charge is -1.89. The van der Waals surface area contributed by atoms with Crippen LogP contribution in [0.3, 0.4) is 0 Å². The highest BCUT2D eigenvalue weighted by molar-refractivity contribution is 4.88. The summed E-state index contributed by atoms with van der Waals surface area (Å²) in [4.78, 5) is 3.78. The minimum Gasteiger partial charge on any atom is -0.373 e. The van der Waals surface area contributed by atoms with E-state index in [-0.39, 0.29) is 0 Å². The molecule has 0 fully saturated rings. The summed E-state index contributed by atoms with van der Waals surface area (Å²) in [7, 11) is 0. The molecule has 0 N–H and O–H groups in total. The number of aromatic nitrogens is 1. The number of nitrogens with zero attached hydrogens (tertiary/aromatic N) is 1. The molecule has 1 aromatic rings. The van der Waals surface area contributed by atoms with Crippen LogP contribution < -0.4 is 0 Å². The second kappa shape index (κ2) is 10.6. The van der Waals surface area contributed by atoms with E-state index in [2.05, 4.69) is 18.1 Å². The van der Waals surface area contributed by atoms with Crippen LogP contribution in [-0.4, -0.2) is 18.2 Å². The second-order valence-corrected chi connectivity index (χ2v) is 2.14. The Morgan fingerprint density at radius 3 is 1.77 bits per heavy atom. The van der Waals surface area contributed by atoms with Gasteiger partial charge in [-0.1, -0.05) is 18.2 Å². The predicted octanol–water partition coefficient (Wildman–Crippen LogP) is 2.46. The summed E-state index contributed by atoms with van der Waals surface area (Å²) in [5.74, 6) is 0. The van der Waals surface area contributed by atoms with Gasteiger partial charge in [-0.2, -0.15) is 0 Å². The molecule has 1 aromatic heterocycles. The number of hydrogen-bond acceptors (Lipinski definition) is 2. The van der Waals surface area contributed by atoms with Crippen LogP contribution in [0.4, 0.5) is 0 Å². The molecule has 0 aliphatic rings. The summed E-state index contributed by atoms with van der Waals surface area (Å²) in [5, 5.41) is 0. The third kappa shape index (κ3) is 10.6. The fourth-order valence-electron chi connectivity index (χ4n) is 0.547. The maximum Gasteiger partial charge on any atom is 0.0649 e. The summed E-state index contributed by atoms with van der Waals surface area (Å²) in [6.45, 7) is 8.18. The van der Waals surface area contributed by atoms with Gasteiger partial charge in [-0.05, 0) is 12.1 Å². The molecular weight excluding hydrogens is 162 g/mol. The lowest BCUT2D eigenvalue weighted by atomic mass is 10.5. The molecule has 0 aliphatic heterocycles. The first kappa shape index (κ1) is 11.6. The molecule has 2 nitrogen and oxygen atoms in total. The van der Waals surface area contributed by atoms with Gasteiger partial charge in [0.25, 0.3) is 0 Å². The van der Waals surface area contributed by atoms with Crippen LogP contribution in [-0.2, 0) is 4.74 Å². The minimum atomic E-state index is 0.617. The Hall–Kier alpha value is -1.41. The zero-order valence-electron chi connectivity index (χ0n) is 7.73. The topological polar surface area (TPSA) is 22.1 Å². The maximum atomic E-state index is 4.90. The predicted molar refractivity (Wildman–Crippen MR) is 55.5 cm³/mol. The van der Waals surface area contributed by atoms with Crippen LogP contribution >= 0.6 is 0 Å². The van der Waals surface area contributed by atoms with Gasteiger partial charge in [-0.15, -0.1) is 13.2 Å². The summed E-state index contributed by atoms with van der Waals surface area (Å²) >= 11 is 0. The highest BCUT2D eigenvalue weighted by Gasteiger charge is 1.70. The Kier molecular flexibility index (Phi) is 9.44. The first-order valence-corrected chi connectivity index (χ1v) is 4.06. The van der Waals surface area contributed by atoms with Gasteiger partial charge in [0.2, 0.25) is 0 Å². The molecule has 1 heterocycles. The van der Waals surface area contributed by atoms with Crippen molar-refractivity contribution in [1.29, 1.82) is 0 Å². The van der Waals surface area contributed by atoms with Gasteiger partial charge in [0, 0.05) is 12.4 Å². The van der Waals surface area contributed by atoms with Gasteiger partial charge in [0.05, 0.1) is 13.2 Å². The average Bonchev–Trinajstić information content (AvgIpc) is 2.22. The van der Waals surface area contributed by atoms with E-state index in [0.717, 1.165) is 0 Å². The third-order valence-corrected chi connectivity index (χ3v) is 1.04. The molecule has 0 aliphatic carbocycles. The van der Waals surface area contributed by atoms with Crippen molar-refractivity contribution < 1.29 is 4.74 Å². The van der Waals surface area contributed by atoms with Crippen LogP contribution in [0.25, 0.3) is 0 Å². The van der Waals surface area contributed by atoms with Gasteiger partial charge in [-0.3, -0.25) is 4.98 Å². The van der Waals surface area contributed by atoms with Gasteiger partial charge in [0.1, 0.15) is 0 Å². The van der Waals surface area contributed by atoms with Gasteiger partial charge < -0.3 is 4.74 Å². The SMILES string of the molecule is C=CCOCC=C.c1ccncc1. The summed E-state index contributed by atoms with van der Waals surface area (Å²) in [5.41, 5.74) is 0. The van der Waals surface area contributed by atoms with Crippen LogP contribution in [0.2, 0.25) is 0 Å². The molecule has 0 unspecified atom stereocenters. The smallest absolute Gasteiger partial charge is 0.0649 e. The summed E-state index contributed by atoms with van der Waals surface area (Å²) < 4.78 is 4.90. The monoisotopic (exact) mass is 177 g/mol. The van der Waals surface area contributed by atoms with Crippen molar-refractivity contribution in [2.75, 3.05) is 13.2 Å². The zero-order chi connectivity index (χ0) is 9.78. The van der Waals surface area contributed by atoms with Crippen LogP contribution in [0.15, 0.2) is 55.9 Å². The van der Waals surface area contributed by atoms with Gasteiger partial charge >= 0.3 is 0 Å². The second-order valence-electron chi connectivity index (χ2n) is 2.14. The third-order valence-electron chi connectivity index (χ3n) is 1.04. The molecule has 0 bridgehead atoms. The minimum absolute atomic E-state index is 0.617. The fourth-order valence-corrected chi connectivity index (χ4v) is 0.547. The lowest BCUT2D eigenvalue weighted by molar-refractivity contribution is 0.194. The Morgan fingerprint density at radius 2 is 1.54 bits per heavy atom. The van der Waals surface area contributed by atoms with Crippen LogP contribution in [0.5, 0.6) is 0 Å². The summed E-state index contributed by atoms with van der Waals surface area (Å²) in [6.07, 6.45) is 6.92. The molecular formula is C11H15NO. The quantitative estimate of drug-likeness (QED) is 0.520. The maximum absolute atomic E-state index is 4.90. The van der Waals surface area contributed by atoms with Gasteiger partial charge in [0.15, 0.2) is 0 Å². The number of pyridine rings is 1. The highest BCUT2D eigenvalue weighted by atomic mass is 16.5. The fraction of sp³-hybridized carbons (Fsp3) is 0.182. The standard InChI is InChI=1S/C6H10O.C5H5N/c1-3-5-7-6-4-2;1-2-4-6-5-3-1/h3-4H,1-2,5-6H2;1-5H. The Labute approximate surface area is 79.6 Å². The first-order valence-electron chi connectivity index (χ1n) is 4.06. The van der Waals surface area contributed by atoms with Crippen molar-refractivity contribution in [3.8, 4) is 0 Å².